The van der Waals surface area contributed by atoms with Crippen molar-refractivity contribution >= 4 is 19.8 Å². The Labute approximate surface area is 131 Å². The lowest BCUT2D eigenvalue weighted by molar-refractivity contribution is 0.414. The van der Waals surface area contributed by atoms with E-state index in [0.29, 0.717) is 10.6 Å². The van der Waals surface area contributed by atoms with E-state index in [1.165, 1.54) is 25.5 Å². The molecule has 0 heterocycles. The average Bonchev–Trinajstić information content (AvgIpc) is 2.46. The molecule has 5 nitrogen and oxygen atoms in total. The van der Waals surface area contributed by atoms with Crippen molar-refractivity contribution < 1.29 is 17.4 Å². The van der Waals surface area contributed by atoms with Crippen molar-refractivity contribution in [1.82, 2.24) is 0 Å². The Bertz CT molecular complexity index is 876. The molecule has 0 spiro atoms. The largest absolute Gasteiger partial charge is 0.497 e. The lowest BCUT2D eigenvalue weighted by Crippen LogP contribution is -2.05. The lowest BCUT2D eigenvalue weighted by atomic mass is 10.2. The first-order chi connectivity index (χ1) is 10.2. The fraction of sp³-hybridized carbons (Fsp3) is 0.200. The van der Waals surface area contributed by atoms with Gasteiger partial charge in [-0.2, -0.15) is 8.42 Å². The second-order valence-corrected chi connectivity index (χ2v) is 8.93. The molecule has 0 bridgehead atoms. The summed E-state index contributed by atoms with van der Waals surface area (Å²) in [4.78, 5) is 0.366. The zero-order valence-electron chi connectivity index (χ0n) is 12.5. The summed E-state index contributed by atoms with van der Waals surface area (Å²) in [5.41, 5.74) is 0.936. The summed E-state index contributed by atoms with van der Waals surface area (Å²) in [5, 5.41) is 0. The molecule has 7 heteroatoms. The van der Waals surface area contributed by atoms with Crippen LogP contribution in [0.15, 0.2) is 62.1 Å². The Morgan fingerprint density at radius 2 is 1.36 bits per heavy atom. The van der Waals surface area contributed by atoms with Crippen LogP contribution in [0, 0.1) is 6.92 Å². The van der Waals surface area contributed by atoms with Crippen LogP contribution in [0.4, 0.5) is 0 Å². The van der Waals surface area contributed by atoms with Gasteiger partial charge in [-0.15, -0.1) is 3.77 Å². The van der Waals surface area contributed by atoms with Gasteiger partial charge in [0.2, 0.25) is 0 Å². The van der Waals surface area contributed by atoms with E-state index in [1.807, 2.05) is 6.92 Å². The number of hydrogen-bond donors (Lipinski definition) is 0. The molecule has 2 rings (SSSR count). The number of benzene rings is 2. The summed E-state index contributed by atoms with van der Waals surface area (Å²) in [6, 6.07) is 12.6. The van der Waals surface area contributed by atoms with Crippen LogP contribution < -0.4 is 4.74 Å². The Morgan fingerprint density at radius 1 is 0.864 bits per heavy atom. The average molecular weight is 339 g/mol. The van der Waals surface area contributed by atoms with E-state index in [1.54, 1.807) is 36.4 Å². The maximum atomic E-state index is 12.7. The monoisotopic (exact) mass is 339 g/mol. The topological polar surface area (TPSA) is 72.8 Å². The highest BCUT2D eigenvalue weighted by atomic mass is 32.3. The van der Waals surface area contributed by atoms with Crippen molar-refractivity contribution in [3.8, 4) is 5.75 Å². The molecule has 22 heavy (non-hydrogen) atoms. The summed E-state index contributed by atoms with van der Waals surface area (Å²) in [6.45, 7) is 1.86. The van der Waals surface area contributed by atoms with Crippen LogP contribution in [0.5, 0.6) is 5.75 Å². The Balaban J connectivity index is 2.48. The number of nitrogens with zero attached hydrogens (tertiary/aromatic N) is 1. The fourth-order valence-corrected chi connectivity index (χ4v) is 5.12. The Hall–Kier alpha value is -1.86. The molecule has 0 aliphatic rings. The van der Waals surface area contributed by atoms with Gasteiger partial charge in [0.05, 0.1) is 21.7 Å². The third-order valence-corrected chi connectivity index (χ3v) is 6.99. The van der Waals surface area contributed by atoms with Crippen molar-refractivity contribution in [2.45, 2.75) is 16.7 Å². The second kappa shape index (κ2) is 6.10. The highest BCUT2D eigenvalue weighted by molar-refractivity contribution is 8.03. The van der Waals surface area contributed by atoms with Crippen LogP contribution in [-0.2, 0) is 19.8 Å². The van der Waals surface area contributed by atoms with Gasteiger partial charge in [0.1, 0.15) is 5.75 Å². The van der Waals surface area contributed by atoms with E-state index in [9.17, 15) is 12.6 Å². The molecule has 2 aromatic carbocycles. The Kier molecular flexibility index (Phi) is 4.58. The molecule has 0 saturated carbocycles. The first-order valence-electron chi connectivity index (χ1n) is 6.44. The smallest absolute Gasteiger partial charge is 0.290 e. The van der Waals surface area contributed by atoms with Crippen molar-refractivity contribution in [3.63, 3.8) is 0 Å². The van der Waals surface area contributed by atoms with E-state index in [0.717, 1.165) is 5.56 Å². The maximum absolute atomic E-state index is 12.7. The fourth-order valence-electron chi connectivity index (χ4n) is 1.81. The molecule has 0 amide bonds. The highest BCUT2D eigenvalue weighted by Crippen LogP contribution is 2.21. The molecule has 0 aliphatic heterocycles. The van der Waals surface area contributed by atoms with Crippen molar-refractivity contribution in [2.24, 2.45) is 3.77 Å². The van der Waals surface area contributed by atoms with Crippen molar-refractivity contribution in [2.75, 3.05) is 13.4 Å². The summed E-state index contributed by atoms with van der Waals surface area (Å²) in [6.07, 6.45) is 1.31. The molecule has 0 aliphatic carbocycles. The van der Waals surface area contributed by atoms with E-state index in [2.05, 4.69) is 3.77 Å². The second-order valence-electron chi connectivity index (χ2n) is 4.84. The van der Waals surface area contributed by atoms with Gasteiger partial charge in [-0.05, 0) is 43.3 Å². The van der Waals surface area contributed by atoms with Gasteiger partial charge in [-0.3, -0.25) is 0 Å². The van der Waals surface area contributed by atoms with Crippen molar-refractivity contribution in [3.05, 3.63) is 54.1 Å². The zero-order valence-corrected chi connectivity index (χ0v) is 14.1. The van der Waals surface area contributed by atoms with E-state index in [4.69, 9.17) is 4.74 Å². The molecule has 0 N–H and O–H groups in total. The predicted octanol–water partition coefficient (Wildman–Crippen LogP) is 2.85. The third-order valence-electron chi connectivity index (χ3n) is 3.06. The molecule has 2 aromatic rings. The normalized spacial score (nSPS) is 14.1. The quantitative estimate of drug-likeness (QED) is 0.858. The van der Waals surface area contributed by atoms with Gasteiger partial charge >= 0.3 is 0 Å². The van der Waals surface area contributed by atoms with Crippen LogP contribution >= 0.6 is 0 Å². The molecule has 1 atom stereocenters. The third kappa shape index (κ3) is 3.66. The van der Waals surface area contributed by atoms with Crippen LogP contribution in [0.25, 0.3) is 0 Å². The summed E-state index contributed by atoms with van der Waals surface area (Å²) in [7, 11) is -5.53. The standard InChI is InChI=1S/C15H17NO4S2/c1-12-4-8-15(9-5-12)22(18,19)16-21(3,17)14-10-6-13(20-2)7-11-14/h4-11H,1-3H3. The van der Waals surface area contributed by atoms with Gasteiger partial charge in [0.25, 0.3) is 10.0 Å². The first-order valence-corrected chi connectivity index (χ1v) is 9.80. The summed E-state index contributed by atoms with van der Waals surface area (Å²) >= 11 is 0. The van der Waals surface area contributed by atoms with Gasteiger partial charge in [-0.25, -0.2) is 4.21 Å². The first kappa shape index (κ1) is 16.5. The van der Waals surface area contributed by atoms with E-state index >= 15 is 0 Å². The zero-order chi connectivity index (χ0) is 16.4. The van der Waals surface area contributed by atoms with Crippen LogP contribution in [0.3, 0.4) is 0 Å². The van der Waals surface area contributed by atoms with E-state index in [-0.39, 0.29) is 4.90 Å². The molecular formula is C15H17NO4S2. The lowest BCUT2D eigenvalue weighted by Gasteiger charge is -2.06. The van der Waals surface area contributed by atoms with Crippen LogP contribution in [0.1, 0.15) is 5.56 Å². The van der Waals surface area contributed by atoms with E-state index < -0.39 is 19.8 Å². The minimum atomic E-state index is -3.98. The number of aryl methyl sites for hydroxylation is 1. The molecule has 1 unspecified atom stereocenters. The minimum absolute atomic E-state index is 0.0289. The van der Waals surface area contributed by atoms with Gasteiger partial charge in [0, 0.05) is 11.2 Å². The van der Waals surface area contributed by atoms with Crippen molar-refractivity contribution in [1.29, 1.82) is 0 Å². The highest BCUT2D eigenvalue weighted by Gasteiger charge is 2.17. The molecule has 0 radical (unpaired) electrons. The summed E-state index contributed by atoms with van der Waals surface area (Å²) in [5.74, 6) is 0.598. The minimum Gasteiger partial charge on any atom is -0.497 e. The van der Waals surface area contributed by atoms with Crippen LogP contribution in [-0.4, -0.2) is 26.0 Å². The molecule has 0 fully saturated rings. The summed E-state index contributed by atoms with van der Waals surface area (Å²) < 4.78 is 45.9. The number of sulfonamides is 1. The number of methoxy groups -OCH3 is 1. The molecule has 118 valence electrons. The van der Waals surface area contributed by atoms with Gasteiger partial charge < -0.3 is 4.74 Å². The van der Waals surface area contributed by atoms with Gasteiger partial charge in [-0.1, -0.05) is 17.7 Å². The van der Waals surface area contributed by atoms with Crippen LogP contribution in [0.2, 0.25) is 0 Å². The number of rotatable bonds is 4. The SMILES string of the molecule is COc1ccc(S(C)(=O)=NS(=O)(=O)c2ccc(C)cc2)cc1. The predicted molar refractivity (Wildman–Crippen MR) is 86.1 cm³/mol. The Morgan fingerprint density at radius 3 is 1.86 bits per heavy atom. The molecule has 0 saturated heterocycles. The molecular weight excluding hydrogens is 322 g/mol. The number of ether oxygens (including phenoxy) is 1. The number of hydrogen-bond acceptors (Lipinski definition) is 4. The van der Waals surface area contributed by atoms with Gasteiger partial charge in [0.15, 0.2) is 0 Å². The maximum Gasteiger partial charge on any atom is 0.290 e. The molecule has 0 aromatic heterocycles.